The van der Waals surface area contributed by atoms with Gasteiger partial charge in [0.05, 0.1) is 6.61 Å². The van der Waals surface area contributed by atoms with Crippen molar-refractivity contribution >= 4 is 6.29 Å². The minimum Gasteiger partial charge on any atom is -0.349 e. The molecule has 0 aromatic rings. The van der Waals surface area contributed by atoms with Gasteiger partial charge in [-0.05, 0) is 13.8 Å². The monoisotopic (exact) mass is 204 g/mol. The number of carbonyl (C=O) groups is 1. The Hall–Kier alpha value is -0.490. The lowest BCUT2D eigenvalue weighted by atomic mass is 10.1. The molecule has 0 aliphatic carbocycles. The van der Waals surface area contributed by atoms with Crippen LogP contribution in [0.2, 0.25) is 0 Å². The average Bonchev–Trinajstić information content (AvgIpc) is 2.22. The van der Waals surface area contributed by atoms with E-state index in [2.05, 4.69) is 0 Å². The summed E-state index contributed by atoms with van der Waals surface area (Å²) in [4.78, 5) is 10.6. The number of hydrogen-bond donors (Lipinski definition) is 0. The maximum Gasteiger partial charge on any atom is 0.220 e. The van der Waals surface area contributed by atoms with Crippen molar-refractivity contribution in [2.75, 3.05) is 20.8 Å². The van der Waals surface area contributed by atoms with Crippen LogP contribution in [0.4, 0.5) is 0 Å². The van der Waals surface area contributed by atoms with E-state index in [1.807, 2.05) is 0 Å². The van der Waals surface area contributed by atoms with Gasteiger partial charge in [0.15, 0.2) is 6.29 Å². The van der Waals surface area contributed by atoms with Crippen molar-refractivity contribution < 1.29 is 23.7 Å². The van der Waals surface area contributed by atoms with Crippen molar-refractivity contribution in [1.29, 1.82) is 0 Å². The Morgan fingerprint density at radius 2 is 1.86 bits per heavy atom. The summed E-state index contributed by atoms with van der Waals surface area (Å²) in [7, 11) is 2.98. The van der Waals surface area contributed by atoms with Gasteiger partial charge >= 0.3 is 0 Å². The summed E-state index contributed by atoms with van der Waals surface area (Å²) < 4.78 is 21.2. The molecule has 5 heteroatoms. The van der Waals surface area contributed by atoms with E-state index < -0.39 is 17.7 Å². The highest BCUT2D eigenvalue weighted by Crippen LogP contribution is 2.35. The van der Waals surface area contributed by atoms with E-state index in [0.717, 1.165) is 0 Å². The largest absolute Gasteiger partial charge is 0.349 e. The number of methoxy groups -OCH3 is 2. The van der Waals surface area contributed by atoms with Crippen molar-refractivity contribution in [3.63, 3.8) is 0 Å². The summed E-state index contributed by atoms with van der Waals surface area (Å²) in [6.45, 7) is 3.55. The summed E-state index contributed by atoms with van der Waals surface area (Å²) >= 11 is 0. The molecule has 1 heterocycles. The van der Waals surface area contributed by atoms with Crippen LogP contribution < -0.4 is 0 Å². The SMILES string of the molecule is COC1(C)OCC(C=O)OC1(C)OC. The van der Waals surface area contributed by atoms with Gasteiger partial charge in [-0.3, -0.25) is 0 Å². The first-order valence-electron chi connectivity index (χ1n) is 4.38. The number of carbonyl (C=O) groups excluding carboxylic acids is 1. The van der Waals surface area contributed by atoms with Crippen LogP contribution in [0.25, 0.3) is 0 Å². The molecule has 0 bridgehead atoms. The summed E-state index contributed by atoms with van der Waals surface area (Å²) in [5.74, 6) is -2.08. The highest BCUT2D eigenvalue weighted by atomic mass is 16.8. The van der Waals surface area contributed by atoms with E-state index in [9.17, 15) is 4.79 Å². The van der Waals surface area contributed by atoms with E-state index in [1.165, 1.54) is 14.2 Å². The van der Waals surface area contributed by atoms with Gasteiger partial charge in [-0.25, -0.2) is 0 Å². The van der Waals surface area contributed by atoms with E-state index in [0.29, 0.717) is 6.29 Å². The molecular weight excluding hydrogens is 188 g/mol. The molecule has 1 aliphatic rings. The third-order valence-electron chi connectivity index (χ3n) is 2.66. The lowest BCUT2D eigenvalue weighted by Gasteiger charge is -2.47. The molecule has 0 radical (unpaired) electrons. The zero-order valence-corrected chi connectivity index (χ0v) is 8.90. The van der Waals surface area contributed by atoms with E-state index >= 15 is 0 Å². The molecular formula is C9H16O5. The molecule has 0 spiro atoms. The van der Waals surface area contributed by atoms with Gasteiger partial charge in [0.2, 0.25) is 11.6 Å². The molecule has 0 amide bonds. The molecule has 0 N–H and O–H groups in total. The Balaban J connectivity index is 2.86. The van der Waals surface area contributed by atoms with Crippen molar-refractivity contribution in [3.8, 4) is 0 Å². The summed E-state index contributed by atoms with van der Waals surface area (Å²) in [6, 6.07) is 0. The Kier molecular flexibility index (Phi) is 3.26. The van der Waals surface area contributed by atoms with Crippen LogP contribution >= 0.6 is 0 Å². The van der Waals surface area contributed by atoms with Crippen molar-refractivity contribution in [2.24, 2.45) is 0 Å². The molecule has 3 atom stereocenters. The van der Waals surface area contributed by atoms with Gasteiger partial charge < -0.3 is 23.7 Å². The van der Waals surface area contributed by atoms with Crippen LogP contribution in [-0.2, 0) is 23.7 Å². The normalized spacial score (nSPS) is 43.6. The predicted octanol–water partition coefficient (Wildman–Crippen LogP) is 0.326. The molecule has 14 heavy (non-hydrogen) atoms. The molecule has 0 aromatic heterocycles. The first-order chi connectivity index (χ1) is 6.51. The third-order valence-corrected chi connectivity index (χ3v) is 2.66. The fourth-order valence-corrected chi connectivity index (χ4v) is 1.35. The van der Waals surface area contributed by atoms with E-state index in [4.69, 9.17) is 18.9 Å². The van der Waals surface area contributed by atoms with Crippen LogP contribution in [0.15, 0.2) is 0 Å². The van der Waals surface area contributed by atoms with Gasteiger partial charge in [0, 0.05) is 14.2 Å². The minimum absolute atomic E-state index is 0.173. The van der Waals surface area contributed by atoms with Crippen LogP contribution in [0.1, 0.15) is 13.8 Å². The Bertz CT molecular complexity index is 219. The lowest BCUT2D eigenvalue weighted by molar-refractivity contribution is -0.424. The molecule has 3 unspecified atom stereocenters. The maximum atomic E-state index is 10.6. The smallest absolute Gasteiger partial charge is 0.220 e. The summed E-state index contributed by atoms with van der Waals surface area (Å²) in [5, 5.41) is 0. The third kappa shape index (κ3) is 1.68. The number of ether oxygens (including phenoxy) is 4. The minimum atomic E-state index is -1.08. The van der Waals surface area contributed by atoms with Crippen LogP contribution in [-0.4, -0.2) is 44.8 Å². The predicted molar refractivity (Wildman–Crippen MR) is 47.7 cm³/mol. The maximum absolute atomic E-state index is 10.6. The fourth-order valence-electron chi connectivity index (χ4n) is 1.35. The molecule has 0 aromatic carbocycles. The second kappa shape index (κ2) is 3.94. The highest BCUT2D eigenvalue weighted by molar-refractivity contribution is 5.56. The molecule has 1 fully saturated rings. The first kappa shape index (κ1) is 11.6. The van der Waals surface area contributed by atoms with Gasteiger partial charge in [0.1, 0.15) is 6.10 Å². The highest BCUT2D eigenvalue weighted by Gasteiger charge is 2.53. The van der Waals surface area contributed by atoms with E-state index in [1.54, 1.807) is 13.8 Å². The molecule has 1 aliphatic heterocycles. The first-order valence-corrected chi connectivity index (χ1v) is 4.38. The second-order valence-corrected chi connectivity index (χ2v) is 3.40. The van der Waals surface area contributed by atoms with E-state index in [-0.39, 0.29) is 6.61 Å². The quantitative estimate of drug-likeness (QED) is 0.620. The van der Waals surface area contributed by atoms with Gasteiger partial charge in [-0.15, -0.1) is 0 Å². The molecule has 0 saturated carbocycles. The standard InChI is InChI=1S/C9H16O5/c1-8(11-3)9(2,12-4)14-7(5-10)6-13-8/h5,7H,6H2,1-4H3. The lowest BCUT2D eigenvalue weighted by Crippen LogP contribution is -2.62. The Labute approximate surface area is 83.3 Å². The number of hydrogen-bond acceptors (Lipinski definition) is 5. The topological polar surface area (TPSA) is 54.0 Å². The van der Waals surface area contributed by atoms with Crippen LogP contribution in [0.5, 0.6) is 0 Å². The molecule has 5 nitrogen and oxygen atoms in total. The van der Waals surface area contributed by atoms with Crippen LogP contribution in [0, 0.1) is 0 Å². The summed E-state index contributed by atoms with van der Waals surface area (Å²) in [5.41, 5.74) is 0. The average molecular weight is 204 g/mol. The van der Waals surface area contributed by atoms with Gasteiger partial charge in [-0.2, -0.15) is 0 Å². The van der Waals surface area contributed by atoms with Crippen LogP contribution in [0.3, 0.4) is 0 Å². The van der Waals surface area contributed by atoms with Crippen molar-refractivity contribution in [1.82, 2.24) is 0 Å². The molecule has 1 saturated heterocycles. The zero-order valence-electron chi connectivity index (χ0n) is 8.90. The van der Waals surface area contributed by atoms with Gasteiger partial charge in [-0.1, -0.05) is 0 Å². The second-order valence-electron chi connectivity index (χ2n) is 3.40. The number of aldehydes is 1. The van der Waals surface area contributed by atoms with Crippen molar-refractivity contribution in [3.05, 3.63) is 0 Å². The fraction of sp³-hybridized carbons (Fsp3) is 0.889. The molecule has 1 rings (SSSR count). The Morgan fingerprint density at radius 1 is 1.29 bits per heavy atom. The Morgan fingerprint density at radius 3 is 2.29 bits per heavy atom. The number of rotatable bonds is 3. The van der Waals surface area contributed by atoms with Crippen molar-refractivity contribution in [2.45, 2.75) is 31.5 Å². The molecule has 82 valence electrons. The van der Waals surface area contributed by atoms with Gasteiger partial charge in [0.25, 0.3) is 0 Å². The summed E-state index contributed by atoms with van der Waals surface area (Å²) in [6.07, 6.45) is 0.0788. The zero-order chi connectivity index (χ0) is 10.8.